The van der Waals surface area contributed by atoms with Crippen molar-refractivity contribution in [3.8, 4) is 0 Å². The zero-order valence-electron chi connectivity index (χ0n) is 9.81. The topological polar surface area (TPSA) is 85.8 Å². The lowest BCUT2D eigenvalue weighted by Gasteiger charge is -2.08. The maximum atomic E-state index is 11.4. The van der Waals surface area contributed by atoms with Crippen LogP contribution in [0.4, 0.5) is 0 Å². The average molecular weight is 225 g/mol. The first-order valence-electron chi connectivity index (χ1n) is 5.48. The van der Waals surface area contributed by atoms with Crippen LogP contribution in [0.1, 0.15) is 25.6 Å². The Labute approximate surface area is 95.2 Å². The monoisotopic (exact) mass is 225 g/mol. The second-order valence-corrected chi connectivity index (χ2v) is 3.83. The minimum Gasteiger partial charge on any atom is -0.356 e. The minimum atomic E-state index is -0.0465. The SMILES string of the molecule is CCC(N)CC(=O)NCCc1nncn1C. The van der Waals surface area contributed by atoms with Crippen molar-refractivity contribution in [1.82, 2.24) is 20.1 Å². The molecule has 3 N–H and O–H groups in total. The lowest BCUT2D eigenvalue weighted by Crippen LogP contribution is -2.32. The largest absolute Gasteiger partial charge is 0.356 e. The van der Waals surface area contributed by atoms with Gasteiger partial charge in [-0.2, -0.15) is 0 Å². The molecule has 6 heteroatoms. The van der Waals surface area contributed by atoms with Crippen molar-refractivity contribution in [1.29, 1.82) is 0 Å². The summed E-state index contributed by atoms with van der Waals surface area (Å²) >= 11 is 0. The van der Waals surface area contributed by atoms with Gasteiger partial charge in [0.15, 0.2) is 0 Å². The number of carbonyl (C=O) groups is 1. The van der Waals surface area contributed by atoms with Crippen LogP contribution in [0.3, 0.4) is 0 Å². The molecule has 1 rings (SSSR count). The number of nitrogens with zero attached hydrogens (tertiary/aromatic N) is 3. The van der Waals surface area contributed by atoms with Crippen LogP contribution >= 0.6 is 0 Å². The molecule has 1 unspecified atom stereocenters. The number of nitrogens with two attached hydrogens (primary N) is 1. The van der Waals surface area contributed by atoms with Crippen LogP contribution in [0, 0.1) is 0 Å². The lowest BCUT2D eigenvalue weighted by atomic mass is 10.1. The number of hydrogen-bond acceptors (Lipinski definition) is 4. The molecule has 0 aliphatic heterocycles. The molecule has 0 aromatic carbocycles. The van der Waals surface area contributed by atoms with Gasteiger partial charge in [-0.25, -0.2) is 0 Å². The summed E-state index contributed by atoms with van der Waals surface area (Å²) in [4.78, 5) is 11.4. The summed E-state index contributed by atoms with van der Waals surface area (Å²) in [6.07, 6.45) is 3.53. The van der Waals surface area contributed by atoms with Gasteiger partial charge in [0, 0.05) is 32.5 Å². The van der Waals surface area contributed by atoms with Crippen LogP contribution in [0.5, 0.6) is 0 Å². The third-order valence-electron chi connectivity index (χ3n) is 2.45. The summed E-state index contributed by atoms with van der Waals surface area (Å²) in [5, 5.41) is 10.5. The highest BCUT2D eigenvalue weighted by Crippen LogP contribution is 1.94. The number of amides is 1. The van der Waals surface area contributed by atoms with Crippen molar-refractivity contribution in [2.45, 2.75) is 32.2 Å². The molecule has 1 heterocycles. The van der Waals surface area contributed by atoms with Gasteiger partial charge in [-0.15, -0.1) is 10.2 Å². The molecule has 0 saturated carbocycles. The first kappa shape index (κ1) is 12.6. The van der Waals surface area contributed by atoms with E-state index in [1.807, 2.05) is 18.5 Å². The van der Waals surface area contributed by atoms with Crippen LogP contribution in [-0.4, -0.2) is 33.3 Å². The summed E-state index contributed by atoms with van der Waals surface area (Å²) in [7, 11) is 1.88. The smallest absolute Gasteiger partial charge is 0.221 e. The molecule has 16 heavy (non-hydrogen) atoms. The zero-order valence-corrected chi connectivity index (χ0v) is 9.81. The highest BCUT2D eigenvalue weighted by molar-refractivity contribution is 5.76. The van der Waals surface area contributed by atoms with Crippen LogP contribution in [0.15, 0.2) is 6.33 Å². The molecule has 6 nitrogen and oxygen atoms in total. The molecule has 0 radical (unpaired) electrons. The van der Waals surface area contributed by atoms with E-state index < -0.39 is 0 Å². The fraction of sp³-hybridized carbons (Fsp3) is 0.700. The Hall–Kier alpha value is -1.43. The molecule has 0 aliphatic carbocycles. The number of carbonyl (C=O) groups excluding carboxylic acids is 1. The summed E-state index contributed by atoms with van der Waals surface area (Å²) in [6.45, 7) is 2.54. The van der Waals surface area contributed by atoms with Gasteiger partial charge in [-0.05, 0) is 6.42 Å². The van der Waals surface area contributed by atoms with Crippen molar-refractivity contribution < 1.29 is 4.79 Å². The van der Waals surface area contributed by atoms with E-state index in [4.69, 9.17) is 5.73 Å². The molecule has 1 atom stereocenters. The first-order chi connectivity index (χ1) is 7.63. The Kier molecular flexibility index (Phi) is 4.91. The fourth-order valence-corrected chi connectivity index (χ4v) is 1.30. The Bertz CT molecular complexity index is 336. The van der Waals surface area contributed by atoms with Gasteiger partial charge in [0.2, 0.25) is 5.91 Å². The van der Waals surface area contributed by atoms with Crippen molar-refractivity contribution >= 4 is 5.91 Å². The summed E-state index contributed by atoms with van der Waals surface area (Å²) in [5.41, 5.74) is 5.68. The summed E-state index contributed by atoms with van der Waals surface area (Å²) in [5.74, 6) is 0.858. The standard InChI is InChI=1S/C10H19N5O/c1-3-8(11)6-10(16)12-5-4-9-14-13-7-15(9)2/h7-8H,3-6,11H2,1-2H3,(H,12,16). The number of nitrogens with one attached hydrogen (secondary N) is 1. The van der Waals surface area contributed by atoms with Gasteiger partial charge < -0.3 is 15.6 Å². The van der Waals surface area contributed by atoms with E-state index in [0.29, 0.717) is 19.4 Å². The molecule has 0 aliphatic rings. The molecule has 1 amide bonds. The van der Waals surface area contributed by atoms with Crippen molar-refractivity contribution in [3.63, 3.8) is 0 Å². The summed E-state index contributed by atoms with van der Waals surface area (Å²) in [6, 6.07) is -0.0465. The highest BCUT2D eigenvalue weighted by Gasteiger charge is 2.07. The maximum Gasteiger partial charge on any atom is 0.221 e. The lowest BCUT2D eigenvalue weighted by molar-refractivity contribution is -0.121. The second kappa shape index (κ2) is 6.22. The molecule has 90 valence electrons. The first-order valence-corrected chi connectivity index (χ1v) is 5.48. The van der Waals surface area contributed by atoms with Crippen LogP contribution in [0.2, 0.25) is 0 Å². The van der Waals surface area contributed by atoms with Gasteiger partial charge in [-0.1, -0.05) is 6.92 Å². The van der Waals surface area contributed by atoms with E-state index in [1.54, 1.807) is 6.33 Å². The normalized spacial score (nSPS) is 12.4. The minimum absolute atomic E-state index is 0.00322. The van der Waals surface area contributed by atoms with E-state index in [9.17, 15) is 4.79 Å². The van der Waals surface area contributed by atoms with Gasteiger partial charge in [0.05, 0.1) is 0 Å². The van der Waals surface area contributed by atoms with Gasteiger partial charge >= 0.3 is 0 Å². The zero-order chi connectivity index (χ0) is 12.0. The van der Waals surface area contributed by atoms with E-state index in [1.165, 1.54) is 0 Å². The molecular weight excluding hydrogens is 206 g/mol. The quantitative estimate of drug-likeness (QED) is 0.690. The highest BCUT2D eigenvalue weighted by atomic mass is 16.1. The Morgan fingerprint density at radius 1 is 1.69 bits per heavy atom. The Morgan fingerprint density at radius 3 is 3.00 bits per heavy atom. The van der Waals surface area contributed by atoms with Crippen molar-refractivity contribution in [2.75, 3.05) is 6.54 Å². The van der Waals surface area contributed by atoms with Gasteiger partial charge in [0.1, 0.15) is 12.2 Å². The molecule has 0 bridgehead atoms. The van der Waals surface area contributed by atoms with E-state index >= 15 is 0 Å². The second-order valence-electron chi connectivity index (χ2n) is 3.83. The molecular formula is C10H19N5O. The number of aryl methyl sites for hydroxylation is 1. The number of rotatable bonds is 6. The van der Waals surface area contributed by atoms with Crippen LogP contribution in [-0.2, 0) is 18.3 Å². The van der Waals surface area contributed by atoms with Crippen molar-refractivity contribution in [3.05, 3.63) is 12.2 Å². The number of hydrogen-bond donors (Lipinski definition) is 2. The molecule has 0 spiro atoms. The third kappa shape index (κ3) is 3.98. The molecule has 1 aromatic heterocycles. The fourth-order valence-electron chi connectivity index (χ4n) is 1.30. The van der Waals surface area contributed by atoms with Crippen LogP contribution in [0.25, 0.3) is 0 Å². The summed E-state index contributed by atoms with van der Waals surface area (Å²) < 4.78 is 1.84. The Morgan fingerprint density at radius 2 is 2.44 bits per heavy atom. The van der Waals surface area contributed by atoms with Gasteiger partial charge in [0.25, 0.3) is 0 Å². The Balaban J connectivity index is 2.21. The predicted octanol–water partition coefficient (Wildman–Crippen LogP) is -0.399. The number of aromatic nitrogens is 3. The van der Waals surface area contributed by atoms with Crippen LogP contribution < -0.4 is 11.1 Å². The van der Waals surface area contributed by atoms with Gasteiger partial charge in [-0.3, -0.25) is 4.79 Å². The van der Waals surface area contributed by atoms with Crippen molar-refractivity contribution in [2.24, 2.45) is 12.8 Å². The average Bonchev–Trinajstić information content (AvgIpc) is 2.64. The molecule has 1 aromatic rings. The molecule has 0 fully saturated rings. The van der Waals surface area contributed by atoms with E-state index in [-0.39, 0.29) is 11.9 Å². The van der Waals surface area contributed by atoms with E-state index in [2.05, 4.69) is 15.5 Å². The molecule has 0 saturated heterocycles. The third-order valence-corrected chi connectivity index (χ3v) is 2.45. The maximum absolute atomic E-state index is 11.4. The predicted molar refractivity (Wildman–Crippen MR) is 60.6 cm³/mol. The van der Waals surface area contributed by atoms with E-state index in [0.717, 1.165) is 12.2 Å².